The Bertz CT molecular complexity index is 568. The lowest BCUT2D eigenvalue weighted by Gasteiger charge is -2.27. The molecule has 1 aliphatic rings. The number of benzene rings is 1. The first-order valence-corrected chi connectivity index (χ1v) is 7.69. The molecule has 1 N–H and O–H groups in total. The number of rotatable bonds is 6. The van der Waals surface area contributed by atoms with E-state index in [1.807, 2.05) is 0 Å². The van der Waals surface area contributed by atoms with Gasteiger partial charge >= 0.3 is 5.97 Å². The fourth-order valence-electron chi connectivity index (χ4n) is 2.97. The zero-order valence-corrected chi connectivity index (χ0v) is 13.4. The number of hydrogen-bond acceptors (Lipinski definition) is 6. The van der Waals surface area contributed by atoms with Gasteiger partial charge in [0.25, 0.3) is 5.69 Å². The molecule has 0 bridgehead atoms. The second-order valence-corrected chi connectivity index (χ2v) is 5.76. The van der Waals surface area contributed by atoms with Crippen LogP contribution in [0.25, 0.3) is 0 Å². The first-order chi connectivity index (χ1) is 11.0. The van der Waals surface area contributed by atoms with Crippen LogP contribution >= 0.6 is 0 Å². The van der Waals surface area contributed by atoms with E-state index in [0.29, 0.717) is 23.9 Å². The van der Waals surface area contributed by atoms with E-state index in [1.165, 1.54) is 20.3 Å². The van der Waals surface area contributed by atoms with Gasteiger partial charge in [0.05, 0.1) is 25.1 Å². The van der Waals surface area contributed by atoms with Gasteiger partial charge < -0.3 is 14.8 Å². The molecule has 0 aliphatic heterocycles. The molecule has 126 valence electrons. The second-order valence-electron chi connectivity index (χ2n) is 5.76. The molecule has 1 aliphatic carbocycles. The molecule has 0 saturated heterocycles. The highest BCUT2D eigenvalue weighted by Gasteiger charge is 2.27. The van der Waals surface area contributed by atoms with Gasteiger partial charge in [0.15, 0.2) is 0 Å². The Morgan fingerprint density at radius 2 is 2.00 bits per heavy atom. The molecule has 0 aromatic heterocycles. The maximum Gasteiger partial charge on any atom is 0.308 e. The van der Waals surface area contributed by atoms with Gasteiger partial charge in [-0.1, -0.05) is 0 Å². The molecule has 0 amide bonds. The SMILES string of the molecule is COC(=O)C1CCC(CNc2cc(OC)ccc2[N+](=O)[O-])CC1. The Morgan fingerprint density at radius 1 is 1.30 bits per heavy atom. The van der Waals surface area contributed by atoms with Crippen molar-refractivity contribution in [3.8, 4) is 5.75 Å². The number of carbonyl (C=O) groups excluding carboxylic acids is 1. The standard InChI is InChI=1S/C16H22N2O5/c1-22-13-7-8-15(18(20)21)14(9-13)17-10-11-3-5-12(6-4-11)16(19)23-2/h7-9,11-12,17H,3-6,10H2,1-2H3. The average Bonchev–Trinajstić information content (AvgIpc) is 2.59. The first kappa shape index (κ1) is 17.1. The number of anilines is 1. The number of methoxy groups -OCH3 is 2. The zero-order chi connectivity index (χ0) is 16.8. The summed E-state index contributed by atoms with van der Waals surface area (Å²) < 4.78 is 9.90. The van der Waals surface area contributed by atoms with Crippen molar-refractivity contribution in [1.29, 1.82) is 0 Å². The number of nitro benzene ring substituents is 1. The molecule has 0 atom stereocenters. The van der Waals surface area contributed by atoms with Crippen LogP contribution in [-0.4, -0.2) is 31.7 Å². The van der Waals surface area contributed by atoms with Gasteiger partial charge in [-0.3, -0.25) is 14.9 Å². The largest absolute Gasteiger partial charge is 0.497 e. The van der Waals surface area contributed by atoms with Gasteiger partial charge in [0, 0.05) is 18.7 Å². The molecule has 1 aromatic carbocycles. The van der Waals surface area contributed by atoms with Crippen molar-refractivity contribution in [2.24, 2.45) is 11.8 Å². The summed E-state index contributed by atoms with van der Waals surface area (Å²) >= 11 is 0. The van der Waals surface area contributed by atoms with Crippen LogP contribution < -0.4 is 10.1 Å². The van der Waals surface area contributed by atoms with Crippen LogP contribution in [0.3, 0.4) is 0 Å². The molecule has 1 fully saturated rings. The summed E-state index contributed by atoms with van der Waals surface area (Å²) in [5, 5.41) is 14.3. The molecule has 1 saturated carbocycles. The van der Waals surface area contributed by atoms with Gasteiger partial charge in [-0.25, -0.2) is 0 Å². The Hall–Kier alpha value is -2.31. The maximum absolute atomic E-state index is 11.5. The minimum Gasteiger partial charge on any atom is -0.497 e. The minimum absolute atomic E-state index is 0.0117. The van der Waals surface area contributed by atoms with Crippen LogP contribution in [-0.2, 0) is 9.53 Å². The third-order valence-electron chi connectivity index (χ3n) is 4.36. The molecule has 0 heterocycles. The van der Waals surface area contributed by atoms with Crippen LogP contribution in [0.2, 0.25) is 0 Å². The van der Waals surface area contributed by atoms with E-state index >= 15 is 0 Å². The van der Waals surface area contributed by atoms with Crippen LogP contribution in [0.15, 0.2) is 18.2 Å². The Labute approximate surface area is 135 Å². The molecule has 7 heteroatoms. The third kappa shape index (κ3) is 4.34. The quantitative estimate of drug-likeness (QED) is 0.492. The number of esters is 1. The molecule has 0 unspecified atom stereocenters. The van der Waals surface area contributed by atoms with Crippen molar-refractivity contribution in [3.63, 3.8) is 0 Å². The van der Waals surface area contributed by atoms with Gasteiger partial charge in [0.2, 0.25) is 0 Å². The number of nitrogens with one attached hydrogen (secondary N) is 1. The first-order valence-electron chi connectivity index (χ1n) is 7.69. The van der Waals surface area contributed by atoms with E-state index in [9.17, 15) is 14.9 Å². The van der Waals surface area contributed by atoms with Crippen LogP contribution in [0, 0.1) is 22.0 Å². The number of ether oxygens (including phenoxy) is 2. The van der Waals surface area contributed by atoms with E-state index in [-0.39, 0.29) is 17.6 Å². The van der Waals surface area contributed by atoms with Crippen LogP contribution in [0.1, 0.15) is 25.7 Å². The second kappa shape index (κ2) is 7.80. The molecule has 2 rings (SSSR count). The fraction of sp³-hybridized carbons (Fsp3) is 0.562. The molecule has 0 spiro atoms. The van der Waals surface area contributed by atoms with E-state index in [0.717, 1.165) is 25.7 Å². The summed E-state index contributed by atoms with van der Waals surface area (Å²) in [6.07, 6.45) is 3.42. The lowest BCUT2D eigenvalue weighted by Crippen LogP contribution is -2.26. The highest BCUT2D eigenvalue weighted by atomic mass is 16.6. The summed E-state index contributed by atoms with van der Waals surface area (Å²) in [5.74, 6) is 0.816. The Morgan fingerprint density at radius 3 is 2.57 bits per heavy atom. The monoisotopic (exact) mass is 322 g/mol. The molecule has 0 radical (unpaired) electrons. The Balaban J connectivity index is 1.94. The van der Waals surface area contributed by atoms with Gasteiger partial charge in [-0.05, 0) is 37.7 Å². The summed E-state index contributed by atoms with van der Waals surface area (Å²) in [6.45, 7) is 0.641. The van der Waals surface area contributed by atoms with E-state index in [4.69, 9.17) is 9.47 Å². The van der Waals surface area contributed by atoms with Crippen molar-refractivity contribution < 1.29 is 19.2 Å². The highest BCUT2D eigenvalue weighted by Crippen LogP contribution is 2.32. The number of nitrogens with zero attached hydrogens (tertiary/aromatic N) is 1. The summed E-state index contributed by atoms with van der Waals surface area (Å²) in [4.78, 5) is 22.2. The Kier molecular flexibility index (Phi) is 5.78. The summed E-state index contributed by atoms with van der Waals surface area (Å²) in [5.41, 5.74) is 0.499. The van der Waals surface area contributed by atoms with E-state index < -0.39 is 4.92 Å². The summed E-state index contributed by atoms with van der Waals surface area (Å²) in [7, 11) is 2.94. The van der Waals surface area contributed by atoms with Crippen molar-refractivity contribution in [1.82, 2.24) is 0 Å². The predicted octanol–water partition coefficient (Wildman–Crippen LogP) is 2.99. The topological polar surface area (TPSA) is 90.7 Å². The van der Waals surface area contributed by atoms with Crippen molar-refractivity contribution in [2.75, 3.05) is 26.1 Å². The normalized spacial score (nSPS) is 20.6. The van der Waals surface area contributed by atoms with Gasteiger partial charge in [-0.15, -0.1) is 0 Å². The van der Waals surface area contributed by atoms with Gasteiger partial charge in [-0.2, -0.15) is 0 Å². The zero-order valence-electron chi connectivity index (χ0n) is 13.4. The van der Waals surface area contributed by atoms with Crippen molar-refractivity contribution in [3.05, 3.63) is 28.3 Å². The van der Waals surface area contributed by atoms with Crippen molar-refractivity contribution >= 4 is 17.3 Å². The third-order valence-corrected chi connectivity index (χ3v) is 4.36. The number of nitro groups is 1. The maximum atomic E-state index is 11.5. The van der Waals surface area contributed by atoms with Crippen LogP contribution in [0.5, 0.6) is 5.75 Å². The smallest absolute Gasteiger partial charge is 0.308 e. The predicted molar refractivity (Wildman–Crippen MR) is 85.6 cm³/mol. The minimum atomic E-state index is -0.407. The lowest BCUT2D eigenvalue weighted by molar-refractivity contribution is -0.384. The number of carbonyl (C=O) groups is 1. The molecular formula is C16H22N2O5. The van der Waals surface area contributed by atoms with Crippen molar-refractivity contribution in [2.45, 2.75) is 25.7 Å². The van der Waals surface area contributed by atoms with E-state index in [2.05, 4.69) is 5.32 Å². The summed E-state index contributed by atoms with van der Waals surface area (Å²) in [6, 6.07) is 4.65. The molecule has 7 nitrogen and oxygen atoms in total. The van der Waals surface area contributed by atoms with Crippen LogP contribution in [0.4, 0.5) is 11.4 Å². The van der Waals surface area contributed by atoms with E-state index in [1.54, 1.807) is 12.1 Å². The molecule has 1 aromatic rings. The number of hydrogen-bond donors (Lipinski definition) is 1. The fourth-order valence-corrected chi connectivity index (χ4v) is 2.97. The van der Waals surface area contributed by atoms with Gasteiger partial charge in [0.1, 0.15) is 11.4 Å². The molecule has 23 heavy (non-hydrogen) atoms. The lowest BCUT2D eigenvalue weighted by atomic mass is 9.82. The highest BCUT2D eigenvalue weighted by molar-refractivity contribution is 5.72. The average molecular weight is 322 g/mol. The molecular weight excluding hydrogens is 300 g/mol.